The van der Waals surface area contributed by atoms with Crippen LogP contribution in [0.2, 0.25) is 0 Å². The molecule has 5 nitrogen and oxygen atoms in total. The summed E-state index contributed by atoms with van der Waals surface area (Å²) < 4.78 is 5.63. The number of rotatable bonds is 6. The number of carbonyl (C=O) groups excluding carboxylic acids is 2. The Morgan fingerprint density at radius 1 is 0.714 bits per heavy atom. The zero-order chi connectivity index (χ0) is 14.9. The van der Waals surface area contributed by atoms with E-state index in [1.807, 2.05) is 9.80 Å². The Morgan fingerprint density at radius 2 is 1.19 bits per heavy atom. The first-order valence-electron chi connectivity index (χ1n) is 8.40. The fourth-order valence-electron chi connectivity index (χ4n) is 3.00. The van der Waals surface area contributed by atoms with E-state index in [9.17, 15) is 9.59 Å². The Hall–Kier alpha value is -1.10. The highest BCUT2D eigenvalue weighted by atomic mass is 16.5. The Morgan fingerprint density at radius 3 is 1.67 bits per heavy atom. The van der Waals surface area contributed by atoms with Gasteiger partial charge in [-0.3, -0.25) is 9.59 Å². The van der Waals surface area contributed by atoms with Gasteiger partial charge in [0.05, 0.1) is 13.2 Å². The van der Waals surface area contributed by atoms with Crippen molar-refractivity contribution in [2.24, 2.45) is 0 Å². The van der Waals surface area contributed by atoms with E-state index in [0.29, 0.717) is 39.1 Å². The zero-order valence-corrected chi connectivity index (χ0v) is 13.0. The number of hydrogen-bond acceptors (Lipinski definition) is 3. The van der Waals surface area contributed by atoms with E-state index in [2.05, 4.69) is 0 Å². The summed E-state index contributed by atoms with van der Waals surface area (Å²) in [4.78, 5) is 27.5. The number of carbonyl (C=O) groups is 2. The van der Waals surface area contributed by atoms with Crippen LogP contribution in [0.1, 0.15) is 51.4 Å². The summed E-state index contributed by atoms with van der Waals surface area (Å²) in [6.07, 6.45) is 7.92. The first kappa shape index (κ1) is 16.3. The predicted molar refractivity (Wildman–Crippen MR) is 80.9 cm³/mol. The van der Waals surface area contributed by atoms with Gasteiger partial charge in [0.2, 0.25) is 11.8 Å². The second kappa shape index (κ2) is 9.03. The third-order valence-electron chi connectivity index (χ3n) is 4.35. The van der Waals surface area contributed by atoms with Gasteiger partial charge in [0.15, 0.2) is 0 Å². The van der Waals surface area contributed by atoms with Gasteiger partial charge in [-0.25, -0.2) is 0 Å². The average Bonchev–Trinajstić information content (AvgIpc) is 2.80. The minimum Gasteiger partial charge on any atom is -0.378 e. The van der Waals surface area contributed by atoms with Crippen molar-refractivity contribution >= 4 is 11.8 Å². The zero-order valence-electron chi connectivity index (χ0n) is 13.0. The van der Waals surface area contributed by atoms with Crippen LogP contribution in [0, 0.1) is 0 Å². The molecule has 0 aromatic carbocycles. The first-order valence-corrected chi connectivity index (χ1v) is 8.40. The lowest BCUT2D eigenvalue weighted by molar-refractivity contribution is -0.131. The molecule has 0 radical (unpaired) electrons. The quantitative estimate of drug-likeness (QED) is 0.702. The van der Waals surface area contributed by atoms with Gasteiger partial charge < -0.3 is 14.5 Å². The highest BCUT2D eigenvalue weighted by Gasteiger charge is 2.17. The number of likely N-dealkylation sites (tertiary alicyclic amines) is 2. The van der Waals surface area contributed by atoms with Crippen LogP contribution in [0.4, 0.5) is 0 Å². The van der Waals surface area contributed by atoms with Crippen LogP contribution in [-0.2, 0) is 14.3 Å². The molecule has 0 N–H and O–H groups in total. The molecule has 21 heavy (non-hydrogen) atoms. The van der Waals surface area contributed by atoms with Gasteiger partial charge in [0.1, 0.15) is 0 Å². The predicted octanol–water partition coefficient (Wildman–Crippen LogP) is 1.81. The van der Waals surface area contributed by atoms with Crippen LogP contribution in [0.15, 0.2) is 0 Å². The van der Waals surface area contributed by atoms with Gasteiger partial charge in [-0.05, 0) is 25.7 Å². The molecule has 0 saturated carbocycles. The number of hydrogen-bond donors (Lipinski definition) is 0. The summed E-state index contributed by atoms with van der Waals surface area (Å²) >= 11 is 0. The fourth-order valence-corrected chi connectivity index (χ4v) is 3.00. The van der Waals surface area contributed by atoms with Crippen LogP contribution in [0.25, 0.3) is 0 Å². The standard InChI is InChI=1S/C16H28N2O3/c19-15-7-3-1-5-9-17(15)11-13-21-14-12-18-10-6-2-4-8-16(18)20/h1-14H2. The SMILES string of the molecule is O=C1CCCCCN1CCOCCN1CCCCCC1=O. The fraction of sp³-hybridized carbons (Fsp3) is 0.875. The van der Waals surface area contributed by atoms with Gasteiger partial charge in [-0.15, -0.1) is 0 Å². The van der Waals surface area contributed by atoms with Crippen molar-refractivity contribution in [2.75, 3.05) is 39.4 Å². The molecular formula is C16H28N2O3. The molecule has 0 aliphatic carbocycles. The molecule has 0 spiro atoms. The molecule has 120 valence electrons. The molecule has 5 heteroatoms. The van der Waals surface area contributed by atoms with Gasteiger partial charge in [-0.1, -0.05) is 12.8 Å². The maximum atomic E-state index is 11.8. The minimum absolute atomic E-state index is 0.263. The summed E-state index contributed by atoms with van der Waals surface area (Å²) in [6, 6.07) is 0. The third-order valence-corrected chi connectivity index (χ3v) is 4.35. The lowest BCUT2D eigenvalue weighted by atomic mass is 10.2. The van der Waals surface area contributed by atoms with E-state index < -0.39 is 0 Å². The average molecular weight is 296 g/mol. The van der Waals surface area contributed by atoms with E-state index in [-0.39, 0.29) is 11.8 Å². The Bertz CT molecular complexity index is 314. The smallest absolute Gasteiger partial charge is 0.222 e. The highest BCUT2D eigenvalue weighted by Crippen LogP contribution is 2.11. The summed E-state index contributed by atoms with van der Waals surface area (Å²) in [5.74, 6) is 0.526. The molecule has 2 fully saturated rings. The number of nitrogens with zero attached hydrogens (tertiary/aromatic N) is 2. The first-order chi connectivity index (χ1) is 10.3. The van der Waals surface area contributed by atoms with Gasteiger partial charge in [0, 0.05) is 39.0 Å². The van der Waals surface area contributed by atoms with Crippen LogP contribution in [-0.4, -0.2) is 61.0 Å². The van der Waals surface area contributed by atoms with Crippen molar-refractivity contribution in [3.63, 3.8) is 0 Å². The molecule has 0 bridgehead atoms. The molecule has 2 saturated heterocycles. The summed E-state index contributed by atoms with van der Waals surface area (Å²) in [5, 5.41) is 0. The number of amides is 2. The summed E-state index contributed by atoms with van der Waals surface area (Å²) in [6.45, 7) is 4.26. The van der Waals surface area contributed by atoms with E-state index >= 15 is 0 Å². The molecule has 2 heterocycles. The topological polar surface area (TPSA) is 49.9 Å². The van der Waals surface area contributed by atoms with E-state index in [4.69, 9.17) is 4.74 Å². The van der Waals surface area contributed by atoms with Gasteiger partial charge in [-0.2, -0.15) is 0 Å². The maximum Gasteiger partial charge on any atom is 0.222 e. The van der Waals surface area contributed by atoms with Crippen LogP contribution in [0.5, 0.6) is 0 Å². The van der Waals surface area contributed by atoms with E-state index in [1.54, 1.807) is 0 Å². The molecule has 0 atom stereocenters. The van der Waals surface area contributed by atoms with Crippen molar-refractivity contribution in [3.05, 3.63) is 0 Å². The van der Waals surface area contributed by atoms with Crippen molar-refractivity contribution < 1.29 is 14.3 Å². The normalized spacial score (nSPS) is 21.3. The monoisotopic (exact) mass is 296 g/mol. The van der Waals surface area contributed by atoms with Crippen molar-refractivity contribution in [1.29, 1.82) is 0 Å². The lowest BCUT2D eigenvalue weighted by Crippen LogP contribution is -2.35. The van der Waals surface area contributed by atoms with E-state index in [0.717, 1.165) is 51.6 Å². The lowest BCUT2D eigenvalue weighted by Gasteiger charge is -2.22. The van der Waals surface area contributed by atoms with E-state index in [1.165, 1.54) is 0 Å². The summed E-state index contributed by atoms with van der Waals surface area (Å²) in [7, 11) is 0. The minimum atomic E-state index is 0.263. The largest absolute Gasteiger partial charge is 0.378 e. The molecule has 2 amide bonds. The molecule has 0 unspecified atom stereocenters. The van der Waals surface area contributed by atoms with Crippen LogP contribution < -0.4 is 0 Å². The molecule has 2 rings (SSSR count). The Kier molecular flexibility index (Phi) is 7.00. The molecular weight excluding hydrogens is 268 g/mol. The van der Waals surface area contributed by atoms with Crippen molar-refractivity contribution in [3.8, 4) is 0 Å². The van der Waals surface area contributed by atoms with Gasteiger partial charge >= 0.3 is 0 Å². The Balaban J connectivity index is 1.58. The molecule has 0 aromatic rings. The van der Waals surface area contributed by atoms with Crippen LogP contribution >= 0.6 is 0 Å². The molecule has 2 aliphatic heterocycles. The Labute approximate surface area is 127 Å². The molecule has 2 aliphatic rings. The van der Waals surface area contributed by atoms with Gasteiger partial charge in [0.25, 0.3) is 0 Å². The summed E-state index contributed by atoms with van der Waals surface area (Å²) in [5.41, 5.74) is 0. The highest BCUT2D eigenvalue weighted by molar-refractivity contribution is 5.76. The second-order valence-corrected chi connectivity index (χ2v) is 6.00. The third kappa shape index (κ3) is 5.65. The van der Waals surface area contributed by atoms with Crippen molar-refractivity contribution in [2.45, 2.75) is 51.4 Å². The molecule has 0 aromatic heterocycles. The maximum absolute atomic E-state index is 11.8. The second-order valence-electron chi connectivity index (χ2n) is 6.00. The number of ether oxygens (including phenoxy) is 1. The van der Waals surface area contributed by atoms with Crippen molar-refractivity contribution in [1.82, 2.24) is 9.80 Å². The van der Waals surface area contributed by atoms with Crippen LogP contribution in [0.3, 0.4) is 0 Å².